The molecule has 0 aliphatic rings. The minimum absolute atomic E-state index is 0.378. The van der Waals surface area contributed by atoms with Gasteiger partial charge >= 0.3 is 0 Å². The highest BCUT2D eigenvalue weighted by atomic mass is 35.5. The van der Waals surface area contributed by atoms with E-state index in [0.717, 1.165) is 24.5 Å². The summed E-state index contributed by atoms with van der Waals surface area (Å²) in [6.07, 6.45) is 0.948. The fourth-order valence-electron chi connectivity index (χ4n) is 2.07. The summed E-state index contributed by atoms with van der Waals surface area (Å²) in [5.41, 5.74) is 1.24. The van der Waals surface area contributed by atoms with Crippen molar-refractivity contribution in [2.75, 3.05) is 53.7 Å². The molecule has 1 N–H and O–H groups in total. The van der Waals surface area contributed by atoms with E-state index >= 15 is 0 Å². The highest BCUT2D eigenvalue weighted by molar-refractivity contribution is 6.30. The molecule has 1 atom stereocenters. The summed E-state index contributed by atoms with van der Waals surface area (Å²) >= 11 is 6.09. The van der Waals surface area contributed by atoms with Crippen molar-refractivity contribution in [1.82, 2.24) is 5.32 Å². The quantitative estimate of drug-likeness (QED) is 0.602. The van der Waals surface area contributed by atoms with Gasteiger partial charge in [-0.2, -0.15) is 0 Å². The van der Waals surface area contributed by atoms with Crippen LogP contribution in [0, 0.1) is 0 Å². The maximum Gasteiger partial charge on any atom is 0.0700 e. The number of hydrogen-bond acceptors (Lipinski definition) is 4. The van der Waals surface area contributed by atoms with Crippen molar-refractivity contribution in [1.29, 1.82) is 0 Å². The van der Waals surface area contributed by atoms with Gasteiger partial charge in [-0.1, -0.05) is 23.7 Å². The van der Waals surface area contributed by atoms with Gasteiger partial charge in [-0.25, -0.2) is 0 Å². The van der Waals surface area contributed by atoms with Crippen molar-refractivity contribution in [3.05, 3.63) is 34.9 Å². The van der Waals surface area contributed by atoms with Gasteiger partial charge in [0.25, 0.3) is 0 Å². The zero-order valence-electron chi connectivity index (χ0n) is 12.9. The zero-order chi connectivity index (χ0) is 15.3. The van der Waals surface area contributed by atoms with Crippen LogP contribution < -0.4 is 5.32 Å². The van der Waals surface area contributed by atoms with Crippen LogP contribution in [-0.4, -0.2) is 53.7 Å². The number of ether oxygens (including phenoxy) is 3. The first kappa shape index (κ1) is 18.4. The number of benzene rings is 1. The van der Waals surface area contributed by atoms with Crippen molar-refractivity contribution in [3.63, 3.8) is 0 Å². The number of methoxy groups -OCH3 is 2. The van der Waals surface area contributed by atoms with Crippen LogP contribution in [0.5, 0.6) is 0 Å². The van der Waals surface area contributed by atoms with E-state index in [4.69, 9.17) is 25.8 Å². The van der Waals surface area contributed by atoms with E-state index in [-0.39, 0.29) is 0 Å². The van der Waals surface area contributed by atoms with Gasteiger partial charge in [0.15, 0.2) is 0 Å². The van der Waals surface area contributed by atoms with Gasteiger partial charge in [0.2, 0.25) is 0 Å². The summed E-state index contributed by atoms with van der Waals surface area (Å²) in [5.74, 6) is 0.378. The molecule has 0 heterocycles. The lowest BCUT2D eigenvalue weighted by molar-refractivity contribution is 0.0669. The van der Waals surface area contributed by atoms with E-state index < -0.39 is 0 Å². The average Bonchev–Trinajstić information content (AvgIpc) is 2.49. The third-order valence-electron chi connectivity index (χ3n) is 3.24. The Morgan fingerprint density at radius 3 is 2.62 bits per heavy atom. The number of hydrogen-bond donors (Lipinski definition) is 1. The largest absolute Gasteiger partial charge is 0.383 e. The predicted molar refractivity (Wildman–Crippen MR) is 86.3 cm³/mol. The van der Waals surface area contributed by atoms with Crippen molar-refractivity contribution in [2.45, 2.75) is 12.3 Å². The first-order chi connectivity index (χ1) is 10.3. The van der Waals surface area contributed by atoms with E-state index in [9.17, 15) is 0 Å². The smallest absolute Gasteiger partial charge is 0.0700 e. The Morgan fingerprint density at radius 2 is 1.90 bits per heavy atom. The molecule has 0 radical (unpaired) electrons. The number of halogens is 1. The SMILES string of the molecule is COCCNCC(CCOCCOC)c1cccc(Cl)c1. The van der Waals surface area contributed by atoms with E-state index in [2.05, 4.69) is 11.4 Å². The Morgan fingerprint density at radius 1 is 1.10 bits per heavy atom. The zero-order valence-corrected chi connectivity index (χ0v) is 13.7. The van der Waals surface area contributed by atoms with Gasteiger partial charge in [0, 0.05) is 38.9 Å². The first-order valence-electron chi connectivity index (χ1n) is 7.29. The number of nitrogens with one attached hydrogen (secondary N) is 1. The molecule has 0 amide bonds. The molecule has 0 aliphatic carbocycles. The topological polar surface area (TPSA) is 39.7 Å². The molecular formula is C16H26ClNO3. The lowest BCUT2D eigenvalue weighted by Crippen LogP contribution is -2.26. The van der Waals surface area contributed by atoms with Gasteiger partial charge in [-0.15, -0.1) is 0 Å². The van der Waals surface area contributed by atoms with Gasteiger partial charge in [0.1, 0.15) is 0 Å². The summed E-state index contributed by atoms with van der Waals surface area (Å²) < 4.78 is 15.6. The second-order valence-electron chi connectivity index (χ2n) is 4.84. The molecule has 0 fully saturated rings. The number of rotatable bonds is 12. The molecule has 0 saturated heterocycles. The van der Waals surface area contributed by atoms with E-state index in [1.807, 2.05) is 18.2 Å². The van der Waals surface area contributed by atoms with Gasteiger partial charge in [-0.3, -0.25) is 0 Å². The van der Waals surface area contributed by atoms with E-state index in [0.29, 0.717) is 32.3 Å². The summed E-state index contributed by atoms with van der Waals surface area (Å²) in [4.78, 5) is 0. The van der Waals surface area contributed by atoms with Crippen molar-refractivity contribution in [3.8, 4) is 0 Å². The molecule has 1 unspecified atom stereocenters. The molecule has 1 aromatic rings. The summed E-state index contributed by atoms with van der Waals surface area (Å²) in [6.45, 7) is 4.43. The minimum Gasteiger partial charge on any atom is -0.383 e. The molecular weight excluding hydrogens is 290 g/mol. The minimum atomic E-state index is 0.378. The third-order valence-corrected chi connectivity index (χ3v) is 3.47. The third kappa shape index (κ3) is 8.39. The second-order valence-corrected chi connectivity index (χ2v) is 5.28. The van der Waals surface area contributed by atoms with Crippen molar-refractivity contribution in [2.24, 2.45) is 0 Å². The molecule has 0 saturated carbocycles. The molecule has 21 heavy (non-hydrogen) atoms. The van der Waals surface area contributed by atoms with Gasteiger partial charge in [0.05, 0.1) is 19.8 Å². The van der Waals surface area contributed by atoms with Crippen LogP contribution in [0.4, 0.5) is 0 Å². The summed E-state index contributed by atoms with van der Waals surface area (Å²) in [7, 11) is 3.39. The summed E-state index contributed by atoms with van der Waals surface area (Å²) in [6, 6.07) is 8.03. The molecule has 0 spiro atoms. The Kier molecular flexibility index (Phi) is 10.5. The van der Waals surface area contributed by atoms with Crippen LogP contribution in [0.3, 0.4) is 0 Å². The molecule has 120 valence electrons. The van der Waals surface area contributed by atoms with Crippen LogP contribution in [0.25, 0.3) is 0 Å². The maximum absolute atomic E-state index is 6.09. The molecule has 0 aromatic heterocycles. The Bertz CT molecular complexity index is 376. The highest BCUT2D eigenvalue weighted by Gasteiger charge is 2.11. The predicted octanol–water partition coefficient (Wildman–Crippen LogP) is 2.71. The van der Waals surface area contributed by atoms with Crippen LogP contribution in [0.15, 0.2) is 24.3 Å². The Balaban J connectivity index is 2.45. The molecule has 1 aromatic carbocycles. The van der Waals surface area contributed by atoms with Crippen LogP contribution in [-0.2, 0) is 14.2 Å². The molecule has 0 bridgehead atoms. The average molecular weight is 316 g/mol. The second kappa shape index (κ2) is 12.0. The van der Waals surface area contributed by atoms with E-state index in [1.165, 1.54) is 5.56 Å². The lowest BCUT2D eigenvalue weighted by Gasteiger charge is -2.18. The molecule has 5 heteroatoms. The summed E-state index contributed by atoms with van der Waals surface area (Å²) in [5, 5.41) is 4.18. The molecule has 4 nitrogen and oxygen atoms in total. The van der Waals surface area contributed by atoms with Crippen LogP contribution >= 0.6 is 11.6 Å². The normalized spacial score (nSPS) is 12.5. The van der Waals surface area contributed by atoms with Crippen LogP contribution in [0.1, 0.15) is 17.9 Å². The van der Waals surface area contributed by atoms with Crippen LogP contribution in [0.2, 0.25) is 5.02 Å². The van der Waals surface area contributed by atoms with Crippen molar-refractivity contribution >= 4 is 11.6 Å². The fourth-order valence-corrected chi connectivity index (χ4v) is 2.27. The maximum atomic E-state index is 6.09. The first-order valence-corrected chi connectivity index (χ1v) is 7.67. The van der Waals surface area contributed by atoms with Gasteiger partial charge in [-0.05, 0) is 30.0 Å². The molecule has 0 aliphatic heterocycles. The van der Waals surface area contributed by atoms with Crippen molar-refractivity contribution < 1.29 is 14.2 Å². The monoisotopic (exact) mass is 315 g/mol. The molecule has 1 rings (SSSR count). The Hall–Kier alpha value is -0.650. The van der Waals surface area contributed by atoms with E-state index in [1.54, 1.807) is 14.2 Å². The fraction of sp³-hybridized carbons (Fsp3) is 0.625. The highest BCUT2D eigenvalue weighted by Crippen LogP contribution is 2.22. The van der Waals surface area contributed by atoms with Gasteiger partial charge < -0.3 is 19.5 Å². The lowest BCUT2D eigenvalue weighted by atomic mass is 9.96. The Labute approximate surface area is 132 Å². The standard InChI is InChI=1S/C16H26ClNO3/c1-19-9-7-18-13-15(6-8-21-11-10-20-2)14-4-3-5-16(17)12-14/h3-5,12,15,18H,6-11,13H2,1-2H3.